The molecule has 0 bridgehead atoms. The Morgan fingerprint density at radius 2 is 1.88 bits per heavy atom. The number of ether oxygens (including phenoxy) is 1. The summed E-state index contributed by atoms with van der Waals surface area (Å²) in [6.07, 6.45) is 0. The number of fused-ring (bicyclic) bond motifs is 1. The first-order chi connectivity index (χ1) is 19.7. The van der Waals surface area contributed by atoms with Crippen LogP contribution in [0.1, 0.15) is 37.7 Å². The van der Waals surface area contributed by atoms with E-state index in [-0.39, 0.29) is 43.3 Å². The Hall–Kier alpha value is -4.40. The van der Waals surface area contributed by atoms with Gasteiger partial charge in [0.2, 0.25) is 0 Å². The molecule has 0 spiro atoms. The van der Waals surface area contributed by atoms with Crippen LogP contribution in [0.5, 0.6) is 5.75 Å². The number of benzene rings is 3. The van der Waals surface area contributed by atoms with Crippen molar-refractivity contribution in [3.8, 4) is 17.5 Å². The predicted molar refractivity (Wildman–Crippen MR) is 153 cm³/mol. The van der Waals surface area contributed by atoms with Crippen LogP contribution in [0.3, 0.4) is 0 Å². The lowest BCUT2D eigenvalue weighted by molar-refractivity contribution is 0.0706. The van der Waals surface area contributed by atoms with Crippen LogP contribution in [-0.2, 0) is 19.6 Å². The molecular weight excluding hydrogens is 617 g/mol. The van der Waals surface area contributed by atoms with Gasteiger partial charge >= 0.3 is 5.69 Å². The van der Waals surface area contributed by atoms with Crippen molar-refractivity contribution in [3.63, 3.8) is 0 Å². The lowest BCUT2D eigenvalue weighted by atomic mass is 10.1. The van der Waals surface area contributed by atoms with Crippen LogP contribution in [0.4, 0.5) is 4.39 Å². The largest absolute Gasteiger partial charge is 0.497 e. The maximum Gasteiger partial charge on any atom is 0.333 e. The van der Waals surface area contributed by atoms with Crippen molar-refractivity contribution in [2.24, 2.45) is 0 Å². The number of carbonyl (C=O) groups excluding carboxylic acids is 2. The molecule has 9 nitrogen and oxygen atoms in total. The molecule has 0 saturated heterocycles. The highest BCUT2D eigenvalue weighted by molar-refractivity contribution is 9.10. The van der Waals surface area contributed by atoms with Gasteiger partial charge in [-0.3, -0.25) is 18.7 Å². The Balaban J connectivity index is 1.53. The summed E-state index contributed by atoms with van der Waals surface area (Å²) in [5.41, 5.74) is 1.22. The number of nitrogens with zero attached hydrogens (tertiary/aromatic N) is 4. The molecule has 0 unspecified atom stereocenters. The number of rotatable bonds is 6. The highest BCUT2D eigenvalue weighted by atomic mass is 79.9. The summed E-state index contributed by atoms with van der Waals surface area (Å²) >= 11 is 9.52. The summed E-state index contributed by atoms with van der Waals surface area (Å²) in [5, 5.41) is 12.3. The van der Waals surface area contributed by atoms with Gasteiger partial charge in [0, 0.05) is 41.3 Å². The van der Waals surface area contributed by atoms with Gasteiger partial charge in [-0.15, -0.1) is 0 Å². The van der Waals surface area contributed by atoms with Gasteiger partial charge in [0.15, 0.2) is 0 Å². The normalized spacial score (nSPS) is 12.4. The third-order valence-corrected chi connectivity index (χ3v) is 8.03. The number of hydrogen-bond acceptors (Lipinski definition) is 5. The fourth-order valence-electron chi connectivity index (χ4n) is 4.66. The van der Waals surface area contributed by atoms with Crippen LogP contribution < -0.4 is 15.7 Å². The van der Waals surface area contributed by atoms with E-state index >= 15 is 0 Å². The van der Waals surface area contributed by atoms with E-state index < -0.39 is 17.4 Å². The summed E-state index contributed by atoms with van der Waals surface area (Å²) in [4.78, 5) is 42.2. The van der Waals surface area contributed by atoms with Crippen molar-refractivity contribution >= 4 is 39.3 Å². The third-order valence-electron chi connectivity index (χ3n) is 6.80. The number of carbonyl (C=O) groups is 2. The van der Waals surface area contributed by atoms with E-state index in [1.807, 2.05) is 6.07 Å². The first kappa shape index (κ1) is 28.1. The monoisotopic (exact) mass is 637 g/mol. The van der Waals surface area contributed by atoms with Crippen LogP contribution >= 0.6 is 27.5 Å². The highest BCUT2D eigenvalue weighted by Crippen LogP contribution is 2.26. The number of nitrogens with one attached hydrogen (secondary N) is 1. The van der Waals surface area contributed by atoms with Gasteiger partial charge in [-0.2, -0.15) is 5.26 Å². The standard InChI is InChI=1S/C29H22BrClFN5O4/c1-41-21-8-4-19(24(32)13-21)15-34-27(38)26-25-16-35(28(39)18-5-9-22(30)23(31)12-18)10-11-36(25)29(40)37(26)20-6-2-17(14-33)3-7-20/h2-9,12-13H,10-11,15-16H2,1H3,(H,34,38). The highest BCUT2D eigenvalue weighted by Gasteiger charge is 2.32. The molecule has 0 radical (unpaired) electrons. The van der Waals surface area contributed by atoms with Crippen molar-refractivity contribution in [1.82, 2.24) is 19.4 Å². The minimum atomic E-state index is -0.628. The SMILES string of the molecule is COc1ccc(CNC(=O)c2c3n(c(=O)n2-c2ccc(C#N)cc2)CCN(C(=O)c2ccc(Br)c(Cl)c2)C3)c(F)c1. The summed E-state index contributed by atoms with van der Waals surface area (Å²) in [5.74, 6) is -1.16. The zero-order chi connectivity index (χ0) is 29.3. The molecule has 4 aromatic rings. The van der Waals surface area contributed by atoms with Crippen molar-refractivity contribution in [2.45, 2.75) is 19.6 Å². The first-order valence-electron chi connectivity index (χ1n) is 12.4. The van der Waals surface area contributed by atoms with Crippen LogP contribution in [0.15, 0.2) is 69.9 Å². The molecule has 0 saturated carbocycles. The Morgan fingerprint density at radius 1 is 1.12 bits per heavy atom. The van der Waals surface area contributed by atoms with E-state index in [9.17, 15) is 24.0 Å². The molecule has 208 valence electrons. The molecule has 12 heteroatoms. The molecular formula is C29H22BrClFN5O4. The molecule has 0 atom stereocenters. The third kappa shape index (κ3) is 5.49. The van der Waals surface area contributed by atoms with E-state index in [0.29, 0.717) is 37.8 Å². The molecule has 1 aliphatic heterocycles. The Bertz CT molecular complexity index is 1780. The van der Waals surface area contributed by atoms with Crippen LogP contribution in [0.2, 0.25) is 5.02 Å². The maximum absolute atomic E-state index is 14.6. The lowest BCUT2D eigenvalue weighted by Crippen LogP contribution is -2.41. The van der Waals surface area contributed by atoms with E-state index in [1.165, 1.54) is 33.3 Å². The average molecular weight is 639 g/mol. The van der Waals surface area contributed by atoms with E-state index in [4.69, 9.17) is 16.3 Å². The van der Waals surface area contributed by atoms with Crippen LogP contribution in [-0.4, -0.2) is 39.5 Å². The lowest BCUT2D eigenvalue weighted by Gasteiger charge is -2.28. The van der Waals surface area contributed by atoms with Gasteiger partial charge < -0.3 is 15.0 Å². The number of halogens is 3. The number of amides is 2. The minimum absolute atomic E-state index is 0.0139. The topological polar surface area (TPSA) is 109 Å². The molecule has 5 rings (SSSR count). The minimum Gasteiger partial charge on any atom is -0.497 e. The Labute approximate surface area is 247 Å². The number of imidazole rings is 1. The van der Waals surface area contributed by atoms with E-state index in [0.717, 1.165) is 0 Å². The number of methoxy groups -OCH3 is 1. The second-order valence-electron chi connectivity index (χ2n) is 9.22. The van der Waals surface area contributed by atoms with E-state index in [1.54, 1.807) is 48.5 Å². The smallest absolute Gasteiger partial charge is 0.333 e. The Morgan fingerprint density at radius 3 is 2.54 bits per heavy atom. The van der Waals surface area contributed by atoms with Gasteiger partial charge in [0.05, 0.1) is 41.7 Å². The summed E-state index contributed by atoms with van der Waals surface area (Å²) in [6.45, 7) is 0.210. The zero-order valence-corrected chi connectivity index (χ0v) is 24.0. The fourth-order valence-corrected chi connectivity index (χ4v) is 5.09. The van der Waals surface area contributed by atoms with Crippen molar-refractivity contribution in [2.75, 3.05) is 13.7 Å². The fraction of sp³-hybridized carbons (Fsp3) is 0.172. The number of nitriles is 1. The first-order valence-corrected chi connectivity index (χ1v) is 13.6. The van der Waals surface area contributed by atoms with Crippen molar-refractivity contribution in [3.05, 3.63) is 115 Å². The van der Waals surface area contributed by atoms with Crippen LogP contribution in [0.25, 0.3) is 5.69 Å². The maximum atomic E-state index is 14.6. The van der Waals surface area contributed by atoms with Gasteiger partial charge in [-0.25, -0.2) is 9.18 Å². The second-order valence-corrected chi connectivity index (χ2v) is 10.5. The molecule has 2 amide bonds. The molecule has 3 aromatic carbocycles. The summed E-state index contributed by atoms with van der Waals surface area (Å²) in [6, 6.07) is 17.4. The molecule has 1 aromatic heterocycles. The summed E-state index contributed by atoms with van der Waals surface area (Å²) in [7, 11) is 1.42. The summed E-state index contributed by atoms with van der Waals surface area (Å²) < 4.78 is 23.0. The van der Waals surface area contributed by atoms with Gasteiger partial charge in [-0.1, -0.05) is 17.7 Å². The second kappa shape index (κ2) is 11.6. The number of hydrogen-bond donors (Lipinski definition) is 1. The van der Waals surface area contributed by atoms with Crippen molar-refractivity contribution in [1.29, 1.82) is 5.26 Å². The number of aromatic nitrogens is 2. The molecule has 0 aliphatic carbocycles. The van der Waals surface area contributed by atoms with Crippen LogP contribution in [0, 0.1) is 17.1 Å². The zero-order valence-electron chi connectivity index (χ0n) is 21.7. The van der Waals surface area contributed by atoms with Gasteiger partial charge in [0.25, 0.3) is 11.8 Å². The molecule has 2 heterocycles. The average Bonchev–Trinajstić information content (AvgIpc) is 3.28. The molecule has 1 N–H and O–H groups in total. The predicted octanol–water partition coefficient (Wildman–Crippen LogP) is 4.66. The Kier molecular flexibility index (Phi) is 7.97. The van der Waals surface area contributed by atoms with Gasteiger partial charge in [0.1, 0.15) is 17.3 Å². The van der Waals surface area contributed by atoms with E-state index in [2.05, 4.69) is 21.2 Å². The van der Waals surface area contributed by atoms with Gasteiger partial charge in [-0.05, 0) is 64.5 Å². The molecule has 41 heavy (non-hydrogen) atoms. The van der Waals surface area contributed by atoms with Crippen molar-refractivity contribution < 1.29 is 18.7 Å². The quantitative estimate of drug-likeness (QED) is 0.331. The molecule has 1 aliphatic rings. The molecule has 0 fully saturated rings.